The van der Waals surface area contributed by atoms with Gasteiger partial charge in [-0.1, -0.05) is 6.07 Å². The third-order valence-electron chi connectivity index (χ3n) is 4.57. The predicted molar refractivity (Wildman–Crippen MR) is 80.4 cm³/mol. The van der Waals surface area contributed by atoms with Gasteiger partial charge in [-0.25, -0.2) is 8.42 Å². The normalized spacial score (nSPS) is 20.4. The van der Waals surface area contributed by atoms with E-state index in [-0.39, 0.29) is 6.04 Å². The zero-order chi connectivity index (χ0) is 14.3. The zero-order valence-electron chi connectivity index (χ0n) is 12.1. The Morgan fingerprint density at radius 2 is 2.10 bits per heavy atom. The van der Waals surface area contributed by atoms with Crippen molar-refractivity contribution in [2.24, 2.45) is 5.92 Å². The molecule has 1 N–H and O–H groups in total. The van der Waals surface area contributed by atoms with Crippen LogP contribution >= 0.6 is 0 Å². The Labute approximate surface area is 121 Å². The molecule has 1 heterocycles. The van der Waals surface area contributed by atoms with Crippen LogP contribution in [0.5, 0.6) is 0 Å². The van der Waals surface area contributed by atoms with Crippen LogP contribution < -0.4 is 5.32 Å². The van der Waals surface area contributed by atoms with Gasteiger partial charge in [0.05, 0.1) is 4.90 Å². The molecule has 1 aromatic carbocycles. The van der Waals surface area contributed by atoms with Gasteiger partial charge in [-0.15, -0.1) is 0 Å². The lowest BCUT2D eigenvalue weighted by Gasteiger charge is -2.25. The van der Waals surface area contributed by atoms with Crippen LogP contribution in [0.15, 0.2) is 23.1 Å². The Hall–Kier alpha value is -1.07. The van der Waals surface area contributed by atoms with Crippen LogP contribution in [0.2, 0.25) is 0 Å². The minimum Gasteiger partial charge on any atom is -0.385 e. The highest BCUT2D eigenvalue weighted by Crippen LogP contribution is 2.36. The summed E-state index contributed by atoms with van der Waals surface area (Å²) in [6.07, 6.45) is 4.42. The Balaban J connectivity index is 1.90. The Kier molecular flexibility index (Phi) is 3.50. The number of hydrogen-bond donors (Lipinski definition) is 1. The third-order valence-corrected chi connectivity index (χ3v) is 6.51. The molecule has 0 radical (unpaired) electrons. The van der Waals surface area contributed by atoms with E-state index in [0.717, 1.165) is 37.9 Å². The van der Waals surface area contributed by atoms with Gasteiger partial charge in [0.2, 0.25) is 10.0 Å². The fourth-order valence-corrected chi connectivity index (χ4v) is 4.31. The van der Waals surface area contributed by atoms with Gasteiger partial charge in [0.25, 0.3) is 0 Å². The van der Waals surface area contributed by atoms with Crippen molar-refractivity contribution in [2.45, 2.75) is 43.5 Å². The van der Waals surface area contributed by atoms with Gasteiger partial charge in [-0.3, -0.25) is 0 Å². The summed E-state index contributed by atoms with van der Waals surface area (Å²) in [7, 11) is -1.68. The van der Waals surface area contributed by atoms with E-state index in [1.165, 1.54) is 9.87 Å². The number of anilines is 1. The van der Waals surface area contributed by atoms with Gasteiger partial charge in [-0.2, -0.15) is 4.31 Å². The Morgan fingerprint density at radius 1 is 1.35 bits per heavy atom. The highest BCUT2D eigenvalue weighted by atomic mass is 32.2. The molecule has 0 bridgehead atoms. The number of benzene rings is 1. The van der Waals surface area contributed by atoms with Gasteiger partial charge in [-0.05, 0) is 56.2 Å². The molecular weight excluding hydrogens is 272 g/mol. The van der Waals surface area contributed by atoms with Crippen LogP contribution in [0.4, 0.5) is 5.69 Å². The van der Waals surface area contributed by atoms with Gasteiger partial charge >= 0.3 is 0 Å². The third kappa shape index (κ3) is 2.44. The van der Waals surface area contributed by atoms with E-state index < -0.39 is 10.0 Å². The molecule has 0 saturated heterocycles. The largest absolute Gasteiger partial charge is 0.385 e. The summed E-state index contributed by atoms with van der Waals surface area (Å²) < 4.78 is 26.9. The standard InChI is InChI=1S/C15H22N2O2S/c1-11(12-5-6-12)17(2)20(18,19)14-8-7-13-4-3-9-16-15(13)10-14/h7-8,10-12,16H,3-6,9H2,1-2H3. The van der Waals surface area contributed by atoms with Crippen molar-refractivity contribution >= 4 is 15.7 Å². The van der Waals surface area contributed by atoms with Gasteiger partial charge in [0, 0.05) is 25.3 Å². The van der Waals surface area contributed by atoms with Crippen LogP contribution in [-0.2, 0) is 16.4 Å². The summed E-state index contributed by atoms with van der Waals surface area (Å²) in [5.74, 6) is 0.533. The molecule has 1 unspecified atom stereocenters. The second kappa shape index (κ2) is 5.04. The molecular formula is C15H22N2O2S. The molecule has 20 heavy (non-hydrogen) atoms. The van der Waals surface area contributed by atoms with Crippen LogP contribution in [0, 0.1) is 5.92 Å². The van der Waals surface area contributed by atoms with E-state index in [1.54, 1.807) is 19.2 Å². The van der Waals surface area contributed by atoms with Gasteiger partial charge in [0.1, 0.15) is 0 Å². The number of sulfonamides is 1. The monoisotopic (exact) mass is 294 g/mol. The van der Waals surface area contributed by atoms with Crippen molar-refractivity contribution in [1.82, 2.24) is 4.31 Å². The summed E-state index contributed by atoms with van der Waals surface area (Å²) in [5, 5.41) is 3.30. The molecule has 4 nitrogen and oxygen atoms in total. The lowest BCUT2D eigenvalue weighted by molar-refractivity contribution is 0.357. The summed E-state index contributed by atoms with van der Waals surface area (Å²) in [6, 6.07) is 5.57. The van der Waals surface area contributed by atoms with Crippen molar-refractivity contribution in [2.75, 3.05) is 18.9 Å². The minimum absolute atomic E-state index is 0.0870. The average Bonchev–Trinajstić information content (AvgIpc) is 3.29. The lowest BCUT2D eigenvalue weighted by Crippen LogP contribution is -2.36. The second-order valence-corrected chi connectivity index (χ2v) is 7.95. The van der Waals surface area contributed by atoms with Crippen LogP contribution in [0.25, 0.3) is 0 Å². The Morgan fingerprint density at radius 3 is 2.80 bits per heavy atom. The molecule has 1 aliphatic carbocycles. The predicted octanol–water partition coefficient (Wildman–Crippen LogP) is 2.46. The molecule has 1 fully saturated rings. The molecule has 1 aromatic rings. The number of rotatable bonds is 4. The van der Waals surface area contributed by atoms with Gasteiger partial charge < -0.3 is 5.32 Å². The van der Waals surface area contributed by atoms with Gasteiger partial charge in [0.15, 0.2) is 0 Å². The number of nitrogens with one attached hydrogen (secondary N) is 1. The number of hydrogen-bond acceptors (Lipinski definition) is 3. The molecule has 3 rings (SSSR count). The fraction of sp³-hybridized carbons (Fsp3) is 0.600. The first-order chi connectivity index (χ1) is 9.50. The maximum Gasteiger partial charge on any atom is 0.243 e. The van der Waals surface area contributed by atoms with E-state index in [0.29, 0.717) is 10.8 Å². The van der Waals surface area contributed by atoms with Crippen molar-refractivity contribution in [1.29, 1.82) is 0 Å². The second-order valence-electron chi connectivity index (χ2n) is 5.95. The maximum absolute atomic E-state index is 12.7. The van der Waals surface area contributed by atoms with E-state index in [9.17, 15) is 8.42 Å². The van der Waals surface area contributed by atoms with Crippen molar-refractivity contribution in [3.8, 4) is 0 Å². The molecule has 0 spiro atoms. The summed E-state index contributed by atoms with van der Waals surface area (Å²) >= 11 is 0. The van der Waals surface area contributed by atoms with E-state index in [4.69, 9.17) is 0 Å². The van der Waals surface area contributed by atoms with E-state index >= 15 is 0 Å². The number of nitrogens with zero attached hydrogens (tertiary/aromatic N) is 1. The molecule has 1 atom stereocenters. The Bertz CT molecular complexity index is 608. The minimum atomic E-state index is -3.38. The molecule has 5 heteroatoms. The van der Waals surface area contributed by atoms with E-state index in [2.05, 4.69) is 5.32 Å². The van der Waals surface area contributed by atoms with Crippen LogP contribution in [-0.4, -0.2) is 32.4 Å². The maximum atomic E-state index is 12.7. The molecule has 1 aliphatic heterocycles. The molecule has 2 aliphatic rings. The summed E-state index contributed by atoms with van der Waals surface area (Å²) in [5.41, 5.74) is 2.19. The topological polar surface area (TPSA) is 49.4 Å². The highest BCUT2D eigenvalue weighted by molar-refractivity contribution is 7.89. The van der Waals surface area contributed by atoms with Crippen molar-refractivity contribution in [3.63, 3.8) is 0 Å². The van der Waals surface area contributed by atoms with Crippen LogP contribution in [0.1, 0.15) is 31.7 Å². The zero-order valence-corrected chi connectivity index (χ0v) is 12.9. The summed E-state index contributed by atoms with van der Waals surface area (Å²) in [6.45, 7) is 2.93. The molecule has 0 amide bonds. The van der Waals surface area contributed by atoms with Crippen LogP contribution in [0.3, 0.4) is 0 Å². The quantitative estimate of drug-likeness (QED) is 0.928. The summed E-state index contributed by atoms with van der Waals surface area (Å²) in [4.78, 5) is 0.403. The molecule has 0 aromatic heterocycles. The first-order valence-corrected chi connectivity index (χ1v) is 8.79. The number of aryl methyl sites for hydroxylation is 1. The SMILES string of the molecule is CC(C1CC1)N(C)S(=O)(=O)c1ccc2c(c1)NCCC2. The fourth-order valence-electron chi connectivity index (χ4n) is 2.86. The lowest BCUT2D eigenvalue weighted by atomic mass is 10.0. The average molecular weight is 294 g/mol. The van der Waals surface area contributed by atoms with Crippen molar-refractivity contribution < 1.29 is 8.42 Å². The highest BCUT2D eigenvalue weighted by Gasteiger charge is 2.36. The molecule has 110 valence electrons. The van der Waals surface area contributed by atoms with Crippen molar-refractivity contribution in [3.05, 3.63) is 23.8 Å². The number of fused-ring (bicyclic) bond motifs is 1. The first kappa shape index (κ1) is 13.9. The smallest absolute Gasteiger partial charge is 0.243 e. The first-order valence-electron chi connectivity index (χ1n) is 7.35. The van der Waals surface area contributed by atoms with E-state index in [1.807, 2.05) is 13.0 Å². The molecule has 1 saturated carbocycles.